The summed E-state index contributed by atoms with van der Waals surface area (Å²) in [4.78, 5) is 7.25. The van der Waals surface area contributed by atoms with E-state index in [0.717, 1.165) is 54.8 Å². The number of piperidine rings is 1. The first-order valence-electron chi connectivity index (χ1n) is 10.6. The topological polar surface area (TPSA) is 60.4 Å². The quantitative estimate of drug-likeness (QED) is 0.641. The predicted octanol–water partition coefficient (Wildman–Crippen LogP) is 3.20. The van der Waals surface area contributed by atoms with E-state index < -0.39 is 0 Å². The van der Waals surface area contributed by atoms with Crippen molar-refractivity contribution in [2.75, 3.05) is 24.5 Å². The summed E-state index contributed by atoms with van der Waals surface area (Å²) in [7, 11) is 0. The lowest BCUT2D eigenvalue weighted by Gasteiger charge is -2.37. The van der Waals surface area contributed by atoms with Gasteiger partial charge in [0.15, 0.2) is 0 Å². The summed E-state index contributed by atoms with van der Waals surface area (Å²) < 4.78 is 0. The lowest BCUT2D eigenvalue weighted by molar-refractivity contribution is 0.278. The number of aliphatic hydroxyl groups is 1. The van der Waals surface area contributed by atoms with Gasteiger partial charge in [0, 0.05) is 42.5 Å². The summed E-state index contributed by atoms with van der Waals surface area (Å²) >= 11 is 0. The molecule has 3 aromatic rings. The second-order valence-corrected chi connectivity index (χ2v) is 8.21. The van der Waals surface area contributed by atoms with Crippen LogP contribution in [-0.4, -0.2) is 35.8 Å². The molecule has 2 aliphatic heterocycles. The zero-order chi connectivity index (χ0) is 19.6. The van der Waals surface area contributed by atoms with Gasteiger partial charge >= 0.3 is 0 Å². The number of pyridine rings is 1. The van der Waals surface area contributed by atoms with E-state index in [1.165, 1.54) is 5.56 Å². The van der Waals surface area contributed by atoms with Crippen molar-refractivity contribution < 1.29 is 5.11 Å². The van der Waals surface area contributed by atoms with E-state index >= 15 is 0 Å². The molecule has 1 aromatic heterocycles. The second kappa shape index (κ2) is 8.11. The van der Waals surface area contributed by atoms with Crippen LogP contribution in [0.4, 0.5) is 5.82 Å². The SMILES string of the molecule is OCc1cc2ccccc2nc1N1CCC(C2NNCC2c2ccccc2)CC1. The minimum absolute atomic E-state index is 0.0251. The second-order valence-electron chi connectivity index (χ2n) is 8.21. The summed E-state index contributed by atoms with van der Waals surface area (Å²) in [5, 5.41) is 11.0. The Morgan fingerprint density at radius 3 is 2.55 bits per heavy atom. The summed E-state index contributed by atoms with van der Waals surface area (Å²) in [6.45, 7) is 2.96. The predicted molar refractivity (Wildman–Crippen MR) is 117 cm³/mol. The highest BCUT2D eigenvalue weighted by molar-refractivity contribution is 5.81. The number of aliphatic hydroxyl groups excluding tert-OH is 1. The largest absolute Gasteiger partial charge is 0.392 e. The Kier molecular flexibility index (Phi) is 5.19. The summed E-state index contributed by atoms with van der Waals surface area (Å²) in [5.41, 5.74) is 10.3. The van der Waals surface area contributed by atoms with E-state index in [9.17, 15) is 5.11 Å². The molecule has 2 aromatic carbocycles. The van der Waals surface area contributed by atoms with E-state index in [-0.39, 0.29) is 6.61 Å². The van der Waals surface area contributed by atoms with Crippen LogP contribution in [0.15, 0.2) is 60.7 Å². The van der Waals surface area contributed by atoms with Gasteiger partial charge in [0.25, 0.3) is 0 Å². The Hall–Kier alpha value is -2.47. The van der Waals surface area contributed by atoms with Crippen molar-refractivity contribution in [3.8, 4) is 0 Å². The van der Waals surface area contributed by atoms with Crippen LogP contribution in [0, 0.1) is 5.92 Å². The molecule has 0 bridgehead atoms. The van der Waals surface area contributed by atoms with E-state index in [0.29, 0.717) is 17.9 Å². The molecule has 0 amide bonds. The number of rotatable bonds is 4. The van der Waals surface area contributed by atoms with Crippen molar-refractivity contribution in [3.63, 3.8) is 0 Å². The Morgan fingerprint density at radius 2 is 1.76 bits per heavy atom. The highest BCUT2D eigenvalue weighted by Gasteiger charge is 2.36. The van der Waals surface area contributed by atoms with Crippen molar-refractivity contribution >= 4 is 16.7 Å². The van der Waals surface area contributed by atoms with Crippen molar-refractivity contribution in [1.82, 2.24) is 15.8 Å². The molecule has 2 aliphatic rings. The van der Waals surface area contributed by atoms with Crippen LogP contribution in [0.5, 0.6) is 0 Å². The number of aromatic nitrogens is 1. The van der Waals surface area contributed by atoms with Crippen LogP contribution < -0.4 is 15.8 Å². The molecule has 29 heavy (non-hydrogen) atoms. The van der Waals surface area contributed by atoms with Gasteiger partial charge in [0.1, 0.15) is 5.82 Å². The molecule has 5 rings (SSSR count). The molecule has 5 heteroatoms. The smallest absolute Gasteiger partial charge is 0.134 e. The number of nitrogens with zero attached hydrogens (tertiary/aromatic N) is 2. The Bertz CT molecular complexity index is 969. The van der Waals surface area contributed by atoms with Crippen molar-refractivity contribution in [3.05, 3.63) is 71.8 Å². The first-order valence-corrected chi connectivity index (χ1v) is 10.6. The van der Waals surface area contributed by atoms with Crippen molar-refractivity contribution in [1.29, 1.82) is 0 Å². The molecule has 0 spiro atoms. The van der Waals surface area contributed by atoms with Crippen LogP contribution in [0.3, 0.4) is 0 Å². The molecule has 5 nitrogen and oxygen atoms in total. The van der Waals surface area contributed by atoms with Gasteiger partial charge in [0.2, 0.25) is 0 Å². The summed E-state index contributed by atoms with van der Waals surface area (Å²) in [6, 6.07) is 21.5. The van der Waals surface area contributed by atoms with Gasteiger partial charge in [-0.05, 0) is 36.5 Å². The van der Waals surface area contributed by atoms with E-state index in [2.05, 4.69) is 58.2 Å². The average molecular weight is 389 g/mol. The Labute approximate surface area is 171 Å². The number of anilines is 1. The van der Waals surface area contributed by atoms with E-state index in [1.807, 2.05) is 18.2 Å². The number of benzene rings is 2. The van der Waals surface area contributed by atoms with Gasteiger partial charge < -0.3 is 10.0 Å². The van der Waals surface area contributed by atoms with Crippen molar-refractivity contribution in [2.24, 2.45) is 5.92 Å². The van der Waals surface area contributed by atoms with Crippen LogP contribution in [0.25, 0.3) is 10.9 Å². The third-order valence-electron chi connectivity index (χ3n) is 6.55. The minimum atomic E-state index is 0.0251. The molecule has 2 unspecified atom stereocenters. The number of para-hydroxylation sites is 1. The first kappa shape index (κ1) is 18.6. The van der Waals surface area contributed by atoms with Gasteiger partial charge in [-0.1, -0.05) is 48.5 Å². The molecule has 2 atom stereocenters. The Balaban J connectivity index is 1.32. The molecule has 2 saturated heterocycles. The van der Waals surface area contributed by atoms with Gasteiger partial charge in [-0.2, -0.15) is 0 Å². The fourth-order valence-corrected chi connectivity index (χ4v) is 5.00. The van der Waals surface area contributed by atoms with Crippen LogP contribution in [-0.2, 0) is 6.61 Å². The third-order valence-corrected chi connectivity index (χ3v) is 6.55. The monoisotopic (exact) mass is 388 g/mol. The molecule has 0 radical (unpaired) electrons. The standard InChI is InChI=1S/C24H28N4O/c29-16-20-14-19-8-4-5-9-22(19)26-24(20)28-12-10-18(11-13-28)23-21(15-25-27-23)17-6-2-1-3-7-17/h1-9,14,18,21,23,25,27,29H,10-13,15-16H2. The van der Waals surface area contributed by atoms with E-state index in [4.69, 9.17) is 4.98 Å². The number of hydrazine groups is 1. The highest BCUT2D eigenvalue weighted by Crippen LogP contribution is 2.34. The number of hydrogen-bond acceptors (Lipinski definition) is 5. The van der Waals surface area contributed by atoms with Crippen molar-refractivity contribution in [2.45, 2.75) is 31.4 Å². The van der Waals surface area contributed by atoms with Gasteiger partial charge in [0.05, 0.1) is 12.1 Å². The molecule has 150 valence electrons. The average Bonchev–Trinajstić information content (AvgIpc) is 3.29. The molecule has 3 N–H and O–H groups in total. The molecule has 0 saturated carbocycles. The molecule has 3 heterocycles. The summed E-state index contributed by atoms with van der Waals surface area (Å²) in [5.74, 6) is 2.09. The zero-order valence-electron chi connectivity index (χ0n) is 16.6. The lowest BCUT2D eigenvalue weighted by Crippen LogP contribution is -2.44. The lowest BCUT2D eigenvalue weighted by atomic mass is 9.80. The van der Waals surface area contributed by atoms with Crippen LogP contribution in [0.1, 0.15) is 29.9 Å². The highest BCUT2D eigenvalue weighted by atomic mass is 16.3. The molecular weight excluding hydrogens is 360 g/mol. The number of hydrogen-bond donors (Lipinski definition) is 3. The Morgan fingerprint density at radius 1 is 1.00 bits per heavy atom. The first-order chi connectivity index (χ1) is 14.3. The molecule has 2 fully saturated rings. The maximum Gasteiger partial charge on any atom is 0.134 e. The molecular formula is C24H28N4O. The summed E-state index contributed by atoms with van der Waals surface area (Å²) in [6.07, 6.45) is 2.25. The maximum absolute atomic E-state index is 9.91. The van der Waals surface area contributed by atoms with Gasteiger partial charge in [-0.3, -0.25) is 10.9 Å². The van der Waals surface area contributed by atoms with Gasteiger partial charge in [-0.15, -0.1) is 0 Å². The van der Waals surface area contributed by atoms with Crippen LogP contribution in [0.2, 0.25) is 0 Å². The van der Waals surface area contributed by atoms with E-state index in [1.54, 1.807) is 0 Å². The minimum Gasteiger partial charge on any atom is -0.392 e. The fourth-order valence-electron chi connectivity index (χ4n) is 5.00. The maximum atomic E-state index is 9.91. The van der Waals surface area contributed by atoms with Crippen LogP contribution >= 0.6 is 0 Å². The zero-order valence-corrected chi connectivity index (χ0v) is 16.6. The third kappa shape index (κ3) is 3.62. The fraction of sp³-hybridized carbons (Fsp3) is 0.375. The molecule has 0 aliphatic carbocycles. The normalized spacial score (nSPS) is 23.0. The number of nitrogens with one attached hydrogen (secondary N) is 2. The number of fused-ring (bicyclic) bond motifs is 1. The van der Waals surface area contributed by atoms with Gasteiger partial charge in [-0.25, -0.2) is 4.98 Å².